The summed E-state index contributed by atoms with van der Waals surface area (Å²) >= 11 is 0. The van der Waals surface area contributed by atoms with Gasteiger partial charge in [-0.2, -0.15) is 0 Å². The van der Waals surface area contributed by atoms with Crippen LogP contribution < -0.4 is 10.5 Å². The SMILES string of the molecule is CC1CCCCC1N(C)C(=O)Nc1ccc(S(N)(=O)=O)cc1. The molecule has 0 radical (unpaired) electrons. The summed E-state index contributed by atoms with van der Waals surface area (Å²) in [6.07, 6.45) is 4.54. The molecule has 1 aromatic rings. The topological polar surface area (TPSA) is 92.5 Å². The van der Waals surface area contributed by atoms with Gasteiger partial charge in [0.15, 0.2) is 0 Å². The molecule has 0 aliphatic heterocycles. The van der Waals surface area contributed by atoms with Gasteiger partial charge in [-0.25, -0.2) is 18.4 Å². The summed E-state index contributed by atoms with van der Waals surface area (Å²) in [5, 5.41) is 7.84. The van der Waals surface area contributed by atoms with E-state index in [1.165, 1.54) is 30.7 Å². The van der Waals surface area contributed by atoms with E-state index in [0.717, 1.165) is 19.3 Å². The van der Waals surface area contributed by atoms with E-state index in [1.54, 1.807) is 11.9 Å². The van der Waals surface area contributed by atoms with E-state index in [-0.39, 0.29) is 17.0 Å². The average Bonchev–Trinajstić information content (AvgIpc) is 2.46. The van der Waals surface area contributed by atoms with Crippen LogP contribution in [0.5, 0.6) is 0 Å². The number of rotatable bonds is 3. The lowest BCUT2D eigenvalue weighted by molar-refractivity contribution is 0.155. The molecule has 1 aliphatic rings. The van der Waals surface area contributed by atoms with Crippen LogP contribution in [0.15, 0.2) is 29.2 Å². The number of carbonyl (C=O) groups is 1. The molecule has 3 N–H and O–H groups in total. The minimum absolute atomic E-state index is 0.0276. The number of sulfonamides is 1. The Morgan fingerprint density at radius 2 is 1.82 bits per heavy atom. The second-order valence-corrected chi connectivity index (χ2v) is 7.50. The van der Waals surface area contributed by atoms with Gasteiger partial charge in [0, 0.05) is 18.8 Å². The Morgan fingerprint density at radius 3 is 2.36 bits per heavy atom. The van der Waals surface area contributed by atoms with Gasteiger partial charge in [0.25, 0.3) is 0 Å². The van der Waals surface area contributed by atoms with E-state index < -0.39 is 10.0 Å². The summed E-state index contributed by atoms with van der Waals surface area (Å²) < 4.78 is 22.4. The van der Waals surface area contributed by atoms with E-state index in [9.17, 15) is 13.2 Å². The number of hydrogen-bond acceptors (Lipinski definition) is 3. The van der Waals surface area contributed by atoms with Crippen molar-refractivity contribution in [2.75, 3.05) is 12.4 Å². The number of nitrogens with one attached hydrogen (secondary N) is 1. The van der Waals surface area contributed by atoms with Gasteiger partial charge in [0.2, 0.25) is 10.0 Å². The van der Waals surface area contributed by atoms with Crippen LogP contribution in [0.25, 0.3) is 0 Å². The van der Waals surface area contributed by atoms with Crippen molar-refractivity contribution in [3.8, 4) is 0 Å². The summed E-state index contributed by atoms with van der Waals surface area (Å²) in [7, 11) is -1.91. The van der Waals surface area contributed by atoms with Crippen LogP contribution in [0.4, 0.5) is 10.5 Å². The number of anilines is 1. The van der Waals surface area contributed by atoms with Crippen LogP contribution in [-0.2, 0) is 10.0 Å². The molecule has 0 saturated heterocycles. The maximum absolute atomic E-state index is 12.3. The molecule has 1 aromatic carbocycles. The quantitative estimate of drug-likeness (QED) is 0.893. The minimum Gasteiger partial charge on any atom is -0.324 e. The molecule has 22 heavy (non-hydrogen) atoms. The summed E-state index contributed by atoms with van der Waals surface area (Å²) in [6, 6.07) is 5.91. The van der Waals surface area contributed by atoms with Crippen molar-refractivity contribution in [3.63, 3.8) is 0 Å². The number of nitrogens with zero attached hydrogens (tertiary/aromatic N) is 1. The fourth-order valence-corrected chi connectivity index (χ4v) is 3.48. The van der Waals surface area contributed by atoms with Crippen molar-refractivity contribution >= 4 is 21.7 Å². The standard InChI is InChI=1S/C15H23N3O3S/c1-11-5-3-4-6-14(11)18(2)15(19)17-12-7-9-13(10-8-12)22(16,20)21/h7-11,14H,3-6H2,1-2H3,(H,17,19)(H2,16,20,21). The van der Waals surface area contributed by atoms with Gasteiger partial charge >= 0.3 is 6.03 Å². The van der Waals surface area contributed by atoms with E-state index >= 15 is 0 Å². The molecular formula is C15H23N3O3S. The second-order valence-electron chi connectivity index (χ2n) is 5.94. The van der Waals surface area contributed by atoms with E-state index in [0.29, 0.717) is 11.6 Å². The largest absolute Gasteiger partial charge is 0.324 e. The highest BCUT2D eigenvalue weighted by atomic mass is 32.2. The molecule has 0 aromatic heterocycles. The number of amides is 2. The zero-order valence-corrected chi connectivity index (χ0v) is 13.8. The third-order valence-electron chi connectivity index (χ3n) is 4.32. The summed E-state index contributed by atoms with van der Waals surface area (Å²) in [4.78, 5) is 14.1. The molecule has 6 nitrogen and oxygen atoms in total. The van der Waals surface area contributed by atoms with Crippen LogP contribution in [0, 0.1) is 5.92 Å². The zero-order chi connectivity index (χ0) is 16.3. The van der Waals surface area contributed by atoms with Gasteiger partial charge in [0.1, 0.15) is 0 Å². The Morgan fingerprint density at radius 1 is 1.23 bits per heavy atom. The Balaban J connectivity index is 2.02. The fraction of sp³-hybridized carbons (Fsp3) is 0.533. The third kappa shape index (κ3) is 3.98. The first-order valence-electron chi connectivity index (χ1n) is 7.45. The summed E-state index contributed by atoms with van der Waals surface area (Å²) in [6.45, 7) is 2.18. The number of hydrogen-bond donors (Lipinski definition) is 2. The van der Waals surface area contributed by atoms with Gasteiger partial charge < -0.3 is 10.2 Å². The van der Waals surface area contributed by atoms with Crippen LogP contribution in [-0.4, -0.2) is 32.4 Å². The molecular weight excluding hydrogens is 302 g/mol. The predicted octanol–water partition coefficient (Wildman–Crippen LogP) is 2.38. The van der Waals surface area contributed by atoms with Gasteiger partial charge in [-0.3, -0.25) is 0 Å². The van der Waals surface area contributed by atoms with E-state index in [4.69, 9.17) is 5.14 Å². The molecule has 2 atom stereocenters. The Kier molecular flexibility index (Phi) is 5.08. The normalized spacial score (nSPS) is 22.1. The maximum atomic E-state index is 12.3. The minimum atomic E-state index is -3.71. The third-order valence-corrected chi connectivity index (χ3v) is 5.25. The van der Waals surface area contributed by atoms with Crippen LogP contribution in [0.1, 0.15) is 32.6 Å². The lowest BCUT2D eigenvalue weighted by atomic mass is 9.85. The monoisotopic (exact) mass is 325 g/mol. The van der Waals surface area contributed by atoms with Crippen molar-refractivity contribution in [3.05, 3.63) is 24.3 Å². The van der Waals surface area contributed by atoms with Gasteiger partial charge in [-0.1, -0.05) is 19.8 Å². The van der Waals surface area contributed by atoms with E-state index in [2.05, 4.69) is 12.2 Å². The first-order valence-corrected chi connectivity index (χ1v) is 9.00. The lowest BCUT2D eigenvalue weighted by Crippen LogP contribution is -2.44. The number of carbonyl (C=O) groups excluding carboxylic acids is 1. The highest BCUT2D eigenvalue weighted by molar-refractivity contribution is 7.89. The summed E-state index contributed by atoms with van der Waals surface area (Å²) in [5.74, 6) is 0.495. The smallest absolute Gasteiger partial charge is 0.321 e. The molecule has 122 valence electrons. The highest BCUT2D eigenvalue weighted by Gasteiger charge is 2.27. The number of primary sulfonamides is 1. The van der Waals surface area contributed by atoms with Crippen molar-refractivity contribution in [1.29, 1.82) is 0 Å². The average molecular weight is 325 g/mol. The number of nitrogens with two attached hydrogens (primary N) is 1. The molecule has 2 amide bonds. The predicted molar refractivity (Wildman–Crippen MR) is 86.0 cm³/mol. The molecule has 7 heteroatoms. The second kappa shape index (κ2) is 6.66. The Labute approximate surface area is 131 Å². The number of benzene rings is 1. The molecule has 0 spiro atoms. The zero-order valence-electron chi connectivity index (χ0n) is 13.0. The van der Waals surface area contributed by atoms with Crippen molar-refractivity contribution in [2.45, 2.75) is 43.5 Å². The molecule has 0 bridgehead atoms. The first-order chi connectivity index (χ1) is 10.3. The molecule has 1 saturated carbocycles. The molecule has 2 rings (SSSR count). The maximum Gasteiger partial charge on any atom is 0.321 e. The molecule has 1 fully saturated rings. The van der Waals surface area contributed by atoms with Gasteiger partial charge in [0.05, 0.1) is 4.90 Å². The van der Waals surface area contributed by atoms with Crippen LogP contribution in [0.2, 0.25) is 0 Å². The van der Waals surface area contributed by atoms with Crippen molar-refractivity contribution < 1.29 is 13.2 Å². The first kappa shape index (κ1) is 16.8. The van der Waals surface area contributed by atoms with Crippen molar-refractivity contribution in [1.82, 2.24) is 4.90 Å². The molecule has 0 heterocycles. The molecule has 2 unspecified atom stereocenters. The number of urea groups is 1. The highest BCUT2D eigenvalue weighted by Crippen LogP contribution is 2.27. The lowest BCUT2D eigenvalue weighted by Gasteiger charge is -2.36. The van der Waals surface area contributed by atoms with Gasteiger partial charge in [-0.15, -0.1) is 0 Å². The fourth-order valence-electron chi connectivity index (χ4n) is 2.96. The van der Waals surface area contributed by atoms with E-state index in [1.807, 2.05) is 0 Å². The Hall–Kier alpha value is -1.60. The van der Waals surface area contributed by atoms with Crippen molar-refractivity contribution in [2.24, 2.45) is 11.1 Å². The Bertz CT molecular complexity index is 628. The summed E-state index contributed by atoms with van der Waals surface area (Å²) in [5.41, 5.74) is 0.549. The molecule has 1 aliphatic carbocycles. The van der Waals surface area contributed by atoms with Crippen LogP contribution >= 0.6 is 0 Å². The van der Waals surface area contributed by atoms with Crippen LogP contribution in [0.3, 0.4) is 0 Å². The van der Waals surface area contributed by atoms with Gasteiger partial charge in [-0.05, 0) is 43.0 Å².